The third-order valence-electron chi connectivity index (χ3n) is 4.07. The highest BCUT2D eigenvalue weighted by Crippen LogP contribution is 2.44. The van der Waals surface area contributed by atoms with Gasteiger partial charge in [-0.2, -0.15) is 0 Å². The van der Waals surface area contributed by atoms with E-state index in [9.17, 15) is 19.5 Å². The van der Waals surface area contributed by atoms with Crippen LogP contribution in [0.2, 0.25) is 5.02 Å². The van der Waals surface area contributed by atoms with E-state index < -0.39 is 5.97 Å². The number of carboxylic acid groups (broad SMARTS) is 1. The number of carbonyl (C=O) groups excluding carboxylic acids is 2. The number of thiazole rings is 2. The predicted octanol–water partition coefficient (Wildman–Crippen LogP) is 2.92. The maximum absolute atomic E-state index is 12.2. The van der Waals surface area contributed by atoms with E-state index in [0.717, 1.165) is 22.7 Å². The molecule has 0 saturated carbocycles. The Morgan fingerprint density at radius 3 is 1.47 bits per heavy atom. The van der Waals surface area contributed by atoms with Gasteiger partial charge in [0.2, 0.25) is 22.1 Å². The Balaban J connectivity index is 2.36. The van der Waals surface area contributed by atoms with Gasteiger partial charge in [0.25, 0.3) is 0 Å². The average molecular weight is 471 g/mol. The number of hydrogen-bond donors (Lipinski definition) is 1. The Hall–Kier alpha value is -2.38. The van der Waals surface area contributed by atoms with Crippen LogP contribution in [0.25, 0.3) is 20.4 Å². The molecule has 1 N–H and O–H groups in total. The second kappa shape index (κ2) is 8.04. The number of nitrogens with zero attached hydrogens (tertiary/aromatic N) is 6. The monoisotopic (exact) mass is 470 g/mol. The van der Waals surface area contributed by atoms with Crippen LogP contribution in [-0.2, 0) is 9.59 Å². The van der Waals surface area contributed by atoms with E-state index in [1.807, 2.05) is 0 Å². The molecule has 13 heteroatoms. The van der Waals surface area contributed by atoms with Gasteiger partial charge in [-0.3, -0.25) is 9.59 Å². The summed E-state index contributed by atoms with van der Waals surface area (Å²) in [5.74, 6) is -1.74. The third kappa shape index (κ3) is 3.61. The van der Waals surface area contributed by atoms with Gasteiger partial charge in [0, 0.05) is 42.0 Å². The second-order valence-electron chi connectivity index (χ2n) is 6.70. The SMILES string of the molecule is CC(=O)N(c1nc2c(Cl)c3nc(N(C(C)=O)N(C)C)sc3c(C(=O)O)c2s1)N(C)C. The fraction of sp³-hybridized carbons (Fsp3) is 0.353. The van der Waals surface area contributed by atoms with Crippen molar-refractivity contribution in [2.24, 2.45) is 0 Å². The molecule has 1 aromatic carbocycles. The zero-order valence-electron chi connectivity index (χ0n) is 17.0. The number of benzene rings is 1. The molecule has 0 saturated heterocycles. The zero-order valence-corrected chi connectivity index (χ0v) is 19.4. The Morgan fingerprint density at radius 2 is 1.20 bits per heavy atom. The van der Waals surface area contributed by atoms with Crippen LogP contribution in [-0.4, -0.2) is 71.1 Å². The van der Waals surface area contributed by atoms with E-state index in [1.54, 1.807) is 38.2 Å². The lowest BCUT2D eigenvalue weighted by Crippen LogP contribution is -2.40. The summed E-state index contributed by atoms with van der Waals surface area (Å²) in [5, 5.41) is 16.4. The van der Waals surface area contributed by atoms with Crippen molar-refractivity contribution in [2.45, 2.75) is 13.8 Å². The number of carboxylic acids is 1. The molecule has 3 rings (SSSR count). The van der Waals surface area contributed by atoms with Crippen molar-refractivity contribution in [1.29, 1.82) is 0 Å². The fourth-order valence-corrected chi connectivity index (χ4v) is 5.94. The summed E-state index contributed by atoms with van der Waals surface area (Å²) < 4.78 is 0.662. The summed E-state index contributed by atoms with van der Waals surface area (Å²) >= 11 is 8.67. The predicted molar refractivity (Wildman–Crippen MR) is 118 cm³/mol. The zero-order chi connectivity index (χ0) is 22.5. The molecule has 2 heterocycles. The topological polar surface area (TPSA) is 110 Å². The van der Waals surface area contributed by atoms with Crippen LogP contribution < -0.4 is 10.0 Å². The molecule has 0 atom stereocenters. The van der Waals surface area contributed by atoms with Crippen molar-refractivity contribution in [2.75, 3.05) is 38.2 Å². The third-order valence-corrected chi connectivity index (χ3v) is 6.53. The van der Waals surface area contributed by atoms with Crippen LogP contribution in [0.3, 0.4) is 0 Å². The highest BCUT2D eigenvalue weighted by Gasteiger charge is 2.29. The number of halogens is 1. The van der Waals surface area contributed by atoms with E-state index in [-0.39, 0.29) is 33.4 Å². The van der Waals surface area contributed by atoms with Crippen LogP contribution >= 0.6 is 34.3 Å². The largest absolute Gasteiger partial charge is 0.478 e. The Bertz CT molecular complexity index is 1110. The van der Waals surface area contributed by atoms with Crippen molar-refractivity contribution < 1.29 is 19.5 Å². The Morgan fingerprint density at radius 1 is 0.833 bits per heavy atom. The number of carbonyl (C=O) groups is 3. The number of aromatic nitrogens is 2. The number of hydrogen-bond acceptors (Lipinski definition) is 9. The van der Waals surface area contributed by atoms with E-state index in [0.29, 0.717) is 19.7 Å². The first-order valence-corrected chi connectivity index (χ1v) is 10.6. The van der Waals surface area contributed by atoms with Gasteiger partial charge < -0.3 is 5.11 Å². The van der Waals surface area contributed by atoms with E-state index in [4.69, 9.17) is 11.6 Å². The first-order valence-electron chi connectivity index (χ1n) is 8.57. The standard InChI is InChI=1S/C17H19ClN6O4S2/c1-7(25)23(21(3)4)16-19-11-10(18)12-14(9(15(27)28)13(11)29-16)30-17(20-12)24(8(2)26)22(5)6/h1-6H3,(H,27,28). The molecule has 10 nitrogen and oxygen atoms in total. The molecule has 0 bridgehead atoms. The quantitative estimate of drug-likeness (QED) is 0.567. The molecule has 0 aliphatic rings. The van der Waals surface area contributed by atoms with E-state index >= 15 is 0 Å². The summed E-state index contributed by atoms with van der Waals surface area (Å²) in [6, 6.07) is 0. The smallest absolute Gasteiger partial charge is 0.338 e. The van der Waals surface area contributed by atoms with E-state index in [1.165, 1.54) is 23.9 Å². The van der Waals surface area contributed by atoms with Crippen molar-refractivity contribution in [3.05, 3.63) is 10.6 Å². The molecule has 2 amide bonds. The Kier molecular flexibility index (Phi) is 5.98. The molecule has 0 fully saturated rings. The molecule has 0 radical (unpaired) electrons. The molecular formula is C17H19ClN6O4S2. The first kappa shape index (κ1) is 22.3. The highest BCUT2D eigenvalue weighted by atomic mass is 35.5. The molecule has 0 aliphatic carbocycles. The average Bonchev–Trinajstić information content (AvgIpc) is 3.18. The number of rotatable bonds is 5. The van der Waals surface area contributed by atoms with Crippen molar-refractivity contribution in [3.8, 4) is 0 Å². The minimum atomic E-state index is -1.18. The number of aromatic carboxylic acids is 1. The van der Waals surface area contributed by atoms with Gasteiger partial charge in [0.15, 0.2) is 0 Å². The summed E-state index contributed by atoms with van der Waals surface area (Å²) in [5.41, 5.74) is 0.470. The molecule has 160 valence electrons. The van der Waals surface area contributed by atoms with Gasteiger partial charge in [0.1, 0.15) is 11.0 Å². The van der Waals surface area contributed by atoms with Gasteiger partial charge in [-0.25, -0.2) is 34.8 Å². The highest BCUT2D eigenvalue weighted by molar-refractivity contribution is 7.25. The van der Waals surface area contributed by atoms with Crippen molar-refractivity contribution in [3.63, 3.8) is 0 Å². The lowest BCUT2D eigenvalue weighted by Gasteiger charge is -2.24. The lowest BCUT2D eigenvalue weighted by atomic mass is 10.2. The summed E-state index contributed by atoms with van der Waals surface area (Å²) in [6.45, 7) is 2.77. The van der Waals surface area contributed by atoms with Gasteiger partial charge in [-0.1, -0.05) is 34.3 Å². The van der Waals surface area contributed by atoms with Crippen LogP contribution in [0.1, 0.15) is 24.2 Å². The van der Waals surface area contributed by atoms with Gasteiger partial charge >= 0.3 is 5.97 Å². The van der Waals surface area contributed by atoms with Crippen LogP contribution in [0.5, 0.6) is 0 Å². The minimum Gasteiger partial charge on any atom is -0.478 e. The molecule has 2 aromatic heterocycles. The van der Waals surface area contributed by atoms with Crippen molar-refractivity contribution in [1.82, 2.24) is 20.0 Å². The maximum atomic E-state index is 12.2. The molecule has 0 unspecified atom stereocenters. The minimum absolute atomic E-state index is 0.0126. The number of hydrazine groups is 2. The summed E-state index contributed by atoms with van der Waals surface area (Å²) in [4.78, 5) is 45.1. The van der Waals surface area contributed by atoms with Gasteiger partial charge in [-0.15, -0.1) is 0 Å². The van der Waals surface area contributed by atoms with Gasteiger partial charge in [0.05, 0.1) is 20.0 Å². The fourth-order valence-electron chi connectivity index (χ4n) is 3.02. The van der Waals surface area contributed by atoms with Gasteiger partial charge in [-0.05, 0) is 0 Å². The number of fused-ring (bicyclic) bond motifs is 2. The van der Waals surface area contributed by atoms with Crippen LogP contribution in [0, 0.1) is 0 Å². The Labute approximate surface area is 184 Å². The molecule has 3 aromatic rings. The molecular weight excluding hydrogens is 452 g/mol. The van der Waals surface area contributed by atoms with Crippen LogP contribution in [0.4, 0.5) is 10.3 Å². The van der Waals surface area contributed by atoms with Crippen molar-refractivity contribution >= 4 is 82.8 Å². The summed E-state index contributed by atoms with van der Waals surface area (Å²) in [6.07, 6.45) is 0. The number of amides is 2. The number of anilines is 2. The molecule has 0 aliphatic heterocycles. The molecule has 30 heavy (non-hydrogen) atoms. The van der Waals surface area contributed by atoms with Crippen LogP contribution in [0.15, 0.2) is 0 Å². The second-order valence-corrected chi connectivity index (χ2v) is 9.03. The summed E-state index contributed by atoms with van der Waals surface area (Å²) in [7, 11) is 6.71. The first-order chi connectivity index (χ1) is 14.0. The normalized spacial score (nSPS) is 11.6. The van der Waals surface area contributed by atoms with E-state index in [2.05, 4.69) is 9.97 Å². The maximum Gasteiger partial charge on any atom is 0.338 e. The molecule has 0 spiro atoms. The lowest BCUT2D eigenvalue weighted by molar-refractivity contribution is -0.119.